The minimum atomic E-state index is -0.417. The molecule has 1 fully saturated rings. The quantitative estimate of drug-likeness (QED) is 0.850. The molecular formula is C14H28N2O3. The largest absolute Gasteiger partial charge is 0.444 e. The molecule has 0 radical (unpaired) electrons. The van der Waals surface area contributed by atoms with Crippen molar-refractivity contribution in [2.24, 2.45) is 0 Å². The summed E-state index contributed by atoms with van der Waals surface area (Å²) in [4.78, 5) is 13.7. The van der Waals surface area contributed by atoms with Crippen molar-refractivity contribution in [2.45, 2.75) is 58.3 Å². The first-order valence-corrected chi connectivity index (χ1v) is 7.06. The fourth-order valence-electron chi connectivity index (χ4n) is 2.01. The molecule has 0 aromatic rings. The number of ether oxygens (including phenoxy) is 2. The first-order chi connectivity index (χ1) is 8.81. The van der Waals surface area contributed by atoms with Crippen LogP contribution in [0, 0.1) is 0 Å². The third-order valence-electron chi connectivity index (χ3n) is 3.24. The summed E-state index contributed by atoms with van der Waals surface area (Å²) in [6.45, 7) is 10.1. The van der Waals surface area contributed by atoms with Gasteiger partial charge in [-0.25, -0.2) is 4.79 Å². The fourth-order valence-corrected chi connectivity index (χ4v) is 2.01. The predicted molar refractivity (Wildman–Crippen MR) is 75.3 cm³/mol. The molecule has 1 aliphatic rings. The first kappa shape index (κ1) is 16.2. The molecule has 0 aromatic carbocycles. The van der Waals surface area contributed by atoms with E-state index >= 15 is 0 Å². The highest BCUT2D eigenvalue weighted by molar-refractivity contribution is 5.68. The van der Waals surface area contributed by atoms with Gasteiger partial charge in [0.2, 0.25) is 0 Å². The zero-order valence-electron chi connectivity index (χ0n) is 12.9. The maximum absolute atomic E-state index is 11.9. The molecule has 1 amide bonds. The third-order valence-corrected chi connectivity index (χ3v) is 3.24. The predicted octanol–water partition coefficient (Wildman–Crippen LogP) is 2.01. The van der Waals surface area contributed by atoms with E-state index in [0.29, 0.717) is 6.04 Å². The SMILES string of the molecule is COC(C)CNC1CCN(C(=O)OC(C)(C)C)CC1. The van der Waals surface area contributed by atoms with Gasteiger partial charge in [-0.1, -0.05) is 0 Å². The summed E-state index contributed by atoms with van der Waals surface area (Å²) in [7, 11) is 1.72. The van der Waals surface area contributed by atoms with Crippen molar-refractivity contribution in [2.75, 3.05) is 26.7 Å². The molecule has 0 aromatic heterocycles. The van der Waals surface area contributed by atoms with Gasteiger partial charge in [0.15, 0.2) is 0 Å². The molecule has 0 saturated carbocycles. The maximum atomic E-state index is 11.9. The highest BCUT2D eigenvalue weighted by Gasteiger charge is 2.26. The van der Waals surface area contributed by atoms with Crippen molar-refractivity contribution >= 4 is 6.09 Å². The third kappa shape index (κ3) is 6.25. The van der Waals surface area contributed by atoms with Gasteiger partial charge < -0.3 is 19.7 Å². The van der Waals surface area contributed by atoms with Gasteiger partial charge >= 0.3 is 6.09 Å². The second-order valence-electron chi connectivity index (χ2n) is 6.20. The number of rotatable bonds is 4. The van der Waals surface area contributed by atoms with Gasteiger partial charge in [0, 0.05) is 32.8 Å². The van der Waals surface area contributed by atoms with Crippen molar-refractivity contribution in [1.82, 2.24) is 10.2 Å². The summed E-state index contributed by atoms with van der Waals surface area (Å²) in [5.41, 5.74) is -0.417. The van der Waals surface area contributed by atoms with E-state index in [1.54, 1.807) is 12.0 Å². The Hall–Kier alpha value is -0.810. The van der Waals surface area contributed by atoms with E-state index in [2.05, 4.69) is 5.32 Å². The molecule has 1 atom stereocenters. The average molecular weight is 272 g/mol. The van der Waals surface area contributed by atoms with Gasteiger partial charge in [0.1, 0.15) is 5.60 Å². The summed E-state index contributed by atoms with van der Waals surface area (Å²) < 4.78 is 10.6. The van der Waals surface area contributed by atoms with Gasteiger partial charge in [0.05, 0.1) is 6.10 Å². The maximum Gasteiger partial charge on any atom is 0.410 e. The molecule has 0 bridgehead atoms. The van der Waals surface area contributed by atoms with Crippen LogP contribution in [0.15, 0.2) is 0 Å². The lowest BCUT2D eigenvalue weighted by atomic mass is 10.1. The minimum Gasteiger partial charge on any atom is -0.444 e. The van der Waals surface area contributed by atoms with Crippen molar-refractivity contribution in [1.29, 1.82) is 0 Å². The topological polar surface area (TPSA) is 50.8 Å². The lowest BCUT2D eigenvalue weighted by molar-refractivity contribution is 0.0193. The molecule has 1 saturated heterocycles. The second kappa shape index (κ2) is 7.10. The van der Waals surface area contributed by atoms with E-state index < -0.39 is 5.60 Å². The Balaban J connectivity index is 2.27. The Morgan fingerprint density at radius 1 is 1.37 bits per heavy atom. The Morgan fingerprint density at radius 2 is 1.95 bits per heavy atom. The lowest BCUT2D eigenvalue weighted by Crippen LogP contribution is -2.47. The minimum absolute atomic E-state index is 0.198. The van der Waals surface area contributed by atoms with Crippen LogP contribution in [0.2, 0.25) is 0 Å². The van der Waals surface area contributed by atoms with E-state index in [1.165, 1.54) is 0 Å². The van der Waals surface area contributed by atoms with Crippen LogP contribution in [0.4, 0.5) is 4.79 Å². The smallest absolute Gasteiger partial charge is 0.410 e. The molecule has 1 aliphatic heterocycles. The molecular weight excluding hydrogens is 244 g/mol. The van der Waals surface area contributed by atoms with Crippen LogP contribution in [0.1, 0.15) is 40.5 Å². The van der Waals surface area contributed by atoms with Gasteiger partial charge in [-0.05, 0) is 40.5 Å². The normalized spacial score (nSPS) is 19.3. The number of nitrogens with one attached hydrogen (secondary N) is 1. The molecule has 1 unspecified atom stereocenters. The average Bonchev–Trinajstić information content (AvgIpc) is 2.34. The summed E-state index contributed by atoms with van der Waals surface area (Å²) in [6, 6.07) is 0.469. The Labute approximate surface area is 116 Å². The van der Waals surface area contributed by atoms with Crippen LogP contribution in [-0.2, 0) is 9.47 Å². The Morgan fingerprint density at radius 3 is 2.42 bits per heavy atom. The molecule has 1 heterocycles. The highest BCUT2D eigenvalue weighted by atomic mass is 16.6. The first-order valence-electron chi connectivity index (χ1n) is 7.06. The van der Waals surface area contributed by atoms with Crippen molar-refractivity contribution < 1.29 is 14.3 Å². The van der Waals surface area contributed by atoms with Crippen LogP contribution in [0.5, 0.6) is 0 Å². The lowest BCUT2D eigenvalue weighted by Gasteiger charge is -2.34. The summed E-state index contributed by atoms with van der Waals surface area (Å²) in [5, 5.41) is 3.48. The van der Waals surface area contributed by atoms with Crippen LogP contribution in [0.25, 0.3) is 0 Å². The van der Waals surface area contributed by atoms with E-state index in [9.17, 15) is 4.79 Å². The number of hydrogen-bond acceptors (Lipinski definition) is 4. The summed E-state index contributed by atoms with van der Waals surface area (Å²) in [6.07, 6.45) is 1.96. The number of carbonyl (C=O) groups is 1. The number of carbonyl (C=O) groups excluding carboxylic acids is 1. The van der Waals surface area contributed by atoms with Crippen LogP contribution in [0.3, 0.4) is 0 Å². The number of hydrogen-bond donors (Lipinski definition) is 1. The molecule has 19 heavy (non-hydrogen) atoms. The zero-order valence-corrected chi connectivity index (χ0v) is 12.9. The van der Waals surface area contributed by atoms with Crippen molar-refractivity contribution in [3.63, 3.8) is 0 Å². The number of methoxy groups -OCH3 is 1. The Kier molecular flexibility index (Phi) is 6.07. The van der Waals surface area contributed by atoms with E-state index in [1.807, 2.05) is 27.7 Å². The number of piperidine rings is 1. The standard InChI is InChI=1S/C14H28N2O3/c1-11(18-5)10-15-12-6-8-16(9-7-12)13(17)19-14(2,3)4/h11-12,15H,6-10H2,1-5H3. The molecule has 5 heteroatoms. The van der Waals surface area contributed by atoms with Gasteiger partial charge in [-0.3, -0.25) is 0 Å². The van der Waals surface area contributed by atoms with Crippen LogP contribution < -0.4 is 5.32 Å². The molecule has 0 aliphatic carbocycles. The number of likely N-dealkylation sites (tertiary alicyclic amines) is 1. The van der Waals surface area contributed by atoms with E-state index in [4.69, 9.17) is 9.47 Å². The van der Waals surface area contributed by atoms with Crippen molar-refractivity contribution in [3.8, 4) is 0 Å². The molecule has 112 valence electrons. The second-order valence-corrected chi connectivity index (χ2v) is 6.20. The van der Waals surface area contributed by atoms with Gasteiger partial charge in [-0.2, -0.15) is 0 Å². The number of nitrogens with zero attached hydrogens (tertiary/aromatic N) is 1. The monoisotopic (exact) mass is 272 g/mol. The molecule has 1 N–H and O–H groups in total. The van der Waals surface area contributed by atoms with Crippen LogP contribution in [-0.4, -0.2) is 55.5 Å². The summed E-state index contributed by atoms with van der Waals surface area (Å²) >= 11 is 0. The van der Waals surface area contributed by atoms with Gasteiger partial charge in [-0.15, -0.1) is 0 Å². The highest BCUT2D eigenvalue weighted by Crippen LogP contribution is 2.15. The van der Waals surface area contributed by atoms with Crippen LogP contribution >= 0.6 is 0 Å². The zero-order chi connectivity index (χ0) is 14.5. The Bertz CT molecular complexity index is 281. The van der Waals surface area contributed by atoms with E-state index in [0.717, 1.165) is 32.5 Å². The fraction of sp³-hybridized carbons (Fsp3) is 0.929. The van der Waals surface area contributed by atoms with Gasteiger partial charge in [0.25, 0.3) is 0 Å². The van der Waals surface area contributed by atoms with Crippen molar-refractivity contribution in [3.05, 3.63) is 0 Å². The molecule has 0 spiro atoms. The molecule has 5 nitrogen and oxygen atoms in total. The number of amides is 1. The van der Waals surface area contributed by atoms with E-state index in [-0.39, 0.29) is 12.2 Å². The molecule has 1 rings (SSSR count). The summed E-state index contributed by atoms with van der Waals surface area (Å²) in [5.74, 6) is 0.